The SMILES string of the molecule is Nc1cc([C@@H]2CCN2)cnc1F. The molecule has 3 N–H and O–H groups in total. The van der Waals surface area contributed by atoms with E-state index in [1.807, 2.05) is 0 Å². The number of hydrogen-bond donors (Lipinski definition) is 2. The first-order chi connectivity index (χ1) is 5.77. The predicted molar refractivity (Wildman–Crippen MR) is 44.0 cm³/mol. The van der Waals surface area contributed by atoms with Crippen LogP contribution in [0.5, 0.6) is 0 Å². The highest BCUT2D eigenvalue weighted by atomic mass is 19.1. The molecule has 2 heterocycles. The van der Waals surface area contributed by atoms with Gasteiger partial charge in [-0.25, -0.2) is 4.98 Å². The number of nitrogen functional groups attached to an aromatic ring is 1. The molecule has 3 nitrogen and oxygen atoms in total. The molecular formula is C8H10FN3. The second kappa shape index (κ2) is 2.71. The normalized spacial score (nSPS) is 21.9. The van der Waals surface area contributed by atoms with Gasteiger partial charge < -0.3 is 11.1 Å². The van der Waals surface area contributed by atoms with E-state index in [1.165, 1.54) is 6.20 Å². The molecule has 0 amide bonds. The number of nitrogens with zero attached hydrogens (tertiary/aromatic N) is 1. The fourth-order valence-corrected chi connectivity index (χ4v) is 1.25. The van der Waals surface area contributed by atoms with Crippen LogP contribution in [0.25, 0.3) is 0 Å². The third-order valence-corrected chi connectivity index (χ3v) is 2.11. The first-order valence-electron chi connectivity index (χ1n) is 3.91. The van der Waals surface area contributed by atoms with E-state index < -0.39 is 5.95 Å². The van der Waals surface area contributed by atoms with E-state index in [-0.39, 0.29) is 5.69 Å². The summed E-state index contributed by atoms with van der Waals surface area (Å²) >= 11 is 0. The molecule has 0 unspecified atom stereocenters. The third-order valence-electron chi connectivity index (χ3n) is 2.11. The summed E-state index contributed by atoms with van der Waals surface area (Å²) in [4.78, 5) is 3.55. The molecule has 0 radical (unpaired) electrons. The van der Waals surface area contributed by atoms with Gasteiger partial charge in [-0.1, -0.05) is 0 Å². The highest BCUT2D eigenvalue weighted by molar-refractivity contribution is 5.40. The van der Waals surface area contributed by atoms with Crippen LogP contribution in [-0.4, -0.2) is 11.5 Å². The van der Waals surface area contributed by atoms with E-state index in [0.717, 1.165) is 18.5 Å². The Labute approximate surface area is 69.8 Å². The van der Waals surface area contributed by atoms with Crippen LogP contribution in [0.3, 0.4) is 0 Å². The molecule has 1 aromatic rings. The number of aromatic nitrogens is 1. The zero-order valence-electron chi connectivity index (χ0n) is 6.55. The van der Waals surface area contributed by atoms with Gasteiger partial charge in [0, 0.05) is 12.2 Å². The average molecular weight is 167 g/mol. The Morgan fingerprint density at radius 2 is 2.42 bits per heavy atom. The summed E-state index contributed by atoms with van der Waals surface area (Å²) in [6.45, 7) is 1.02. The minimum absolute atomic E-state index is 0.126. The van der Waals surface area contributed by atoms with Crippen molar-refractivity contribution in [3.8, 4) is 0 Å². The molecule has 0 aromatic carbocycles. The van der Waals surface area contributed by atoms with Crippen LogP contribution in [0.2, 0.25) is 0 Å². The molecular weight excluding hydrogens is 157 g/mol. The largest absolute Gasteiger partial charge is 0.395 e. The molecule has 1 aliphatic rings. The number of anilines is 1. The van der Waals surface area contributed by atoms with E-state index in [9.17, 15) is 4.39 Å². The molecule has 1 aliphatic heterocycles. The molecule has 1 aromatic heterocycles. The standard InChI is InChI=1S/C8H10FN3/c9-8-6(10)3-5(4-12-8)7-1-2-11-7/h3-4,7,11H,1-2,10H2/t7-/m0/s1. The number of pyridine rings is 1. The number of hydrogen-bond acceptors (Lipinski definition) is 3. The van der Waals surface area contributed by atoms with Gasteiger partial charge in [-0.05, 0) is 24.6 Å². The Bertz CT molecular complexity index is 296. The summed E-state index contributed by atoms with van der Waals surface area (Å²) < 4.78 is 12.6. The Kier molecular flexibility index (Phi) is 1.69. The molecule has 0 saturated carbocycles. The van der Waals surface area contributed by atoms with Gasteiger partial charge in [0.2, 0.25) is 5.95 Å². The third kappa shape index (κ3) is 1.14. The van der Waals surface area contributed by atoms with Crippen molar-refractivity contribution in [2.45, 2.75) is 12.5 Å². The molecule has 1 fully saturated rings. The van der Waals surface area contributed by atoms with Crippen molar-refractivity contribution in [3.63, 3.8) is 0 Å². The number of nitrogens with two attached hydrogens (primary N) is 1. The van der Waals surface area contributed by atoms with E-state index in [4.69, 9.17) is 5.73 Å². The van der Waals surface area contributed by atoms with Crippen LogP contribution in [0.15, 0.2) is 12.3 Å². The lowest BCUT2D eigenvalue weighted by Gasteiger charge is -2.27. The maximum absolute atomic E-state index is 12.6. The van der Waals surface area contributed by atoms with Crippen molar-refractivity contribution in [2.24, 2.45) is 0 Å². The van der Waals surface area contributed by atoms with Crippen LogP contribution in [0.1, 0.15) is 18.0 Å². The molecule has 4 heteroatoms. The van der Waals surface area contributed by atoms with Crippen LogP contribution >= 0.6 is 0 Å². The van der Waals surface area contributed by atoms with Gasteiger partial charge in [0.15, 0.2) is 0 Å². The summed E-state index contributed by atoms with van der Waals surface area (Å²) in [5.41, 5.74) is 6.47. The highest BCUT2D eigenvalue weighted by Crippen LogP contribution is 2.23. The quantitative estimate of drug-likeness (QED) is 0.609. The zero-order chi connectivity index (χ0) is 8.55. The van der Waals surface area contributed by atoms with E-state index in [0.29, 0.717) is 6.04 Å². The maximum atomic E-state index is 12.6. The van der Waals surface area contributed by atoms with Gasteiger partial charge in [0.25, 0.3) is 0 Å². The fraction of sp³-hybridized carbons (Fsp3) is 0.375. The van der Waals surface area contributed by atoms with Gasteiger partial charge in [-0.15, -0.1) is 0 Å². The summed E-state index contributed by atoms with van der Waals surface area (Å²) in [7, 11) is 0. The van der Waals surface area contributed by atoms with E-state index in [2.05, 4.69) is 10.3 Å². The zero-order valence-corrected chi connectivity index (χ0v) is 6.55. The lowest BCUT2D eigenvalue weighted by atomic mass is 10.00. The van der Waals surface area contributed by atoms with Crippen LogP contribution in [0, 0.1) is 5.95 Å². The van der Waals surface area contributed by atoms with Crippen molar-refractivity contribution in [1.29, 1.82) is 0 Å². The smallest absolute Gasteiger partial charge is 0.236 e. The Morgan fingerprint density at radius 3 is 2.92 bits per heavy atom. The van der Waals surface area contributed by atoms with Crippen LogP contribution in [0.4, 0.5) is 10.1 Å². The van der Waals surface area contributed by atoms with Gasteiger partial charge in [-0.3, -0.25) is 0 Å². The summed E-state index contributed by atoms with van der Waals surface area (Å²) in [5.74, 6) is -0.585. The number of nitrogens with one attached hydrogen (secondary N) is 1. The summed E-state index contributed by atoms with van der Waals surface area (Å²) in [6, 6.07) is 1.96. The van der Waals surface area contributed by atoms with Gasteiger partial charge in [0.1, 0.15) is 0 Å². The van der Waals surface area contributed by atoms with Crippen LogP contribution in [-0.2, 0) is 0 Å². The minimum Gasteiger partial charge on any atom is -0.395 e. The maximum Gasteiger partial charge on any atom is 0.236 e. The van der Waals surface area contributed by atoms with Gasteiger partial charge in [0.05, 0.1) is 5.69 Å². The second-order valence-corrected chi connectivity index (χ2v) is 2.94. The Balaban J connectivity index is 2.27. The van der Waals surface area contributed by atoms with Crippen molar-refractivity contribution >= 4 is 5.69 Å². The van der Waals surface area contributed by atoms with Gasteiger partial charge in [-0.2, -0.15) is 4.39 Å². The number of rotatable bonds is 1. The van der Waals surface area contributed by atoms with Crippen molar-refractivity contribution in [1.82, 2.24) is 10.3 Å². The van der Waals surface area contributed by atoms with Crippen LogP contribution < -0.4 is 11.1 Å². The van der Waals surface area contributed by atoms with Crippen molar-refractivity contribution < 1.29 is 4.39 Å². The molecule has 1 atom stereocenters. The molecule has 64 valence electrons. The molecule has 1 saturated heterocycles. The topological polar surface area (TPSA) is 50.9 Å². The Hall–Kier alpha value is -1.16. The number of halogens is 1. The summed E-state index contributed by atoms with van der Waals surface area (Å²) in [5, 5.41) is 3.19. The predicted octanol–water partition coefficient (Wildman–Crippen LogP) is 0.837. The van der Waals surface area contributed by atoms with Crippen molar-refractivity contribution in [3.05, 3.63) is 23.8 Å². The molecule has 2 rings (SSSR count). The average Bonchev–Trinajstić information content (AvgIpc) is 1.93. The molecule has 12 heavy (non-hydrogen) atoms. The first kappa shape index (κ1) is 7.49. The first-order valence-corrected chi connectivity index (χ1v) is 3.91. The van der Waals surface area contributed by atoms with Crippen molar-refractivity contribution in [2.75, 3.05) is 12.3 Å². The lowest BCUT2D eigenvalue weighted by Crippen LogP contribution is -2.35. The van der Waals surface area contributed by atoms with Gasteiger partial charge >= 0.3 is 0 Å². The van der Waals surface area contributed by atoms with E-state index >= 15 is 0 Å². The monoisotopic (exact) mass is 167 g/mol. The lowest BCUT2D eigenvalue weighted by molar-refractivity contribution is 0.381. The Morgan fingerprint density at radius 1 is 1.67 bits per heavy atom. The molecule has 0 spiro atoms. The fourth-order valence-electron chi connectivity index (χ4n) is 1.25. The molecule has 0 bridgehead atoms. The highest BCUT2D eigenvalue weighted by Gasteiger charge is 2.19. The molecule has 0 aliphatic carbocycles. The van der Waals surface area contributed by atoms with E-state index in [1.54, 1.807) is 6.07 Å². The second-order valence-electron chi connectivity index (χ2n) is 2.94. The minimum atomic E-state index is -0.585. The summed E-state index contributed by atoms with van der Waals surface area (Å²) in [6.07, 6.45) is 2.61.